The van der Waals surface area contributed by atoms with E-state index >= 15 is 0 Å². The average Bonchev–Trinajstić information content (AvgIpc) is 3.14. The maximum absolute atomic E-state index is 6.13. The summed E-state index contributed by atoms with van der Waals surface area (Å²) in [7, 11) is 0. The van der Waals surface area contributed by atoms with Gasteiger partial charge in [0, 0.05) is 30.1 Å². The molecule has 1 aromatic heterocycles. The number of rotatable bonds is 5. The Kier molecular flexibility index (Phi) is 3.48. The van der Waals surface area contributed by atoms with Gasteiger partial charge in [0.1, 0.15) is 11.3 Å². The van der Waals surface area contributed by atoms with Crippen LogP contribution in [-0.2, 0) is 13.1 Å². The largest absolute Gasteiger partial charge is 0.459 e. The first-order valence-electron chi connectivity index (χ1n) is 8.24. The summed E-state index contributed by atoms with van der Waals surface area (Å²) in [5.74, 6) is 1.97. The van der Waals surface area contributed by atoms with Gasteiger partial charge in [0.05, 0.1) is 6.54 Å². The van der Waals surface area contributed by atoms with Gasteiger partial charge >= 0.3 is 0 Å². The molecule has 0 amide bonds. The van der Waals surface area contributed by atoms with Crippen LogP contribution in [0.15, 0.2) is 28.7 Å². The van der Waals surface area contributed by atoms with Gasteiger partial charge in [-0.25, -0.2) is 0 Å². The van der Waals surface area contributed by atoms with Crippen LogP contribution in [0.2, 0.25) is 0 Å². The van der Waals surface area contributed by atoms with Crippen LogP contribution in [-0.4, -0.2) is 24.0 Å². The van der Waals surface area contributed by atoms with Crippen LogP contribution < -0.4 is 5.32 Å². The Bertz CT molecular complexity index is 629. The van der Waals surface area contributed by atoms with E-state index in [1.54, 1.807) is 0 Å². The molecule has 0 bridgehead atoms. The van der Waals surface area contributed by atoms with Crippen LogP contribution in [0.1, 0.15) is 37.5 Å². The van der Waals surface area contributed by atoms with Gasteiger partial charge in [-0.3, -0.25) is 4.90 Å². The highest BCUT2D eigenvalue weighted by Gasteiger charge is 2.24. The summed E-state index contributed by atoms with van der Waals surface area (Å²) < 4.78 is 6.13. The molecule has 1 aliphatic carbocycles. The number of furan rings is 1. The van der Waals surface area contributed by atoms with Crippen LogP contribution in [0, 0.1) is 5.92 Å². The molecule has 1 atom stereocenters. The van der Waals surface area contributed by atoms with Crippen LogP contribution >= 0.6 is 0 Å². The number of likely N-dealkylation sites (tertiary alicyclic amines) is 1. The maximum Gasteiger partial charge on any atom is 0.134 e. The first-order chi connectivity index (χ1) is 10.3. The molecule has 4 rings (SSSR count). The van der Waals surface area contributed by atoms with E-state index in [4.69, 9.17) is 4.42 Å². The molecule has 0 radical (unpaired) electrons. The van der Waals surface area contributed by atoms with E-state index in [-0.39, 0.29) is 0 Å². The number of fused-ring (bicyclic) bond motifs is 1. The van der Waals surface area contributed by atoms with Crippen molar-refractivity contribution >= 4 is 11.0 Å². The molecule has 0 spiro atoms. The van der Waals surface area contributed by atoms with Gasteiger partial charge in [0.25, 0.3) is 0 Å². The fourth-order valence-corrected chi connectivity index (χ4v) is 3.38. The molecule has 2 fully saturated rings. The van der Waals surface area contributed by atoms with Crippen molar-refractivity contribution < 1.29 is 4.42 Å². The molecule has 1 aliphatic heterocycles. The Labute approximate surface area is 126 Å². The van der Waals surface area contributed by atoms with E-state index in [9.17, 15) is 0 Å². The van der Waals surface area contributed by atoms with E-state index < -0.39 is 0 Å². The zero-order valence-electron chi connectivity index (χ0n) is 12.8. The molecule has 1 saturated heterocycles. The van der Waals surface area contributed by atoms with Gasteiger partial charge in [-0.2, -0.15) is 0 Å². The van der Waals surface area contributed by atoms with E-state index in [1.165, 1.54) is 43.3 Å². The summed E-state index contributed by atoms with van der Waals surface area (Å²) in [4.78, 5) is 2.57. The molecule has 3 nitrogen and oxygen atoms in total. The lowest BCUT2D eigenvalue weighted by Crippen LogP contribution is -2.21. The van der Waals surface area contributed by atoms with Gasteiger partial charge in [0.2, 0.25) is 0 Å². The molecule has 21 heavy (non-hydrogen) atoms. The SMILES string of the molecule is CC1CCN(Cc2c(CNC3CC3)oc3ccccc23)C1. The smallest absolute Gasteiger partial charge is 0.134 e. The Morgan fingerprint density at radius 1 is 1.24 bits per heavy atom. The van der Waals surface area contributed by atoms with Crippen molar-refractivity contribution in [1.29, 1.82) is 0 Å². The standard InChI is InChI=1S/C18H24N2O/c1-13-8-9-20(11-13)12-16-15-4-2-3-5-17(15)21-18(16)10-19-14-6-7-14/h2-5,13-14,19H,6-12H2,1H3. The fraction of sp³-hybridized carbons (Fsp3) is 0.556. The van der Waals surface area contributed by atoms with E-state index in [0.717, 1.165) is 36.4 Å². The minimum atomic E-state index is 0.720. The Morgan fingerprint density at radius 2 is 2.10 bits per heavy atom. The molecule has 3 heteroatoms. The monoisotopic (exact) mass is 284 g/mol. The average molecular weight is 284 g/mol. The third-order valence-corrected chi connectivity index (χ3v) is 4.80. The molecule has 1 saturated carbocycles. The van der Waals surface area contributed by atoms with E-state index in [0.29, 0.717) is 0 Å². The zero-order valence-corrected chi connectivity index (χ0v) is 12.8. The number of nitrogens with zero attached hydrogens (tertiary/aromatic N) is 1. The molecule has 1 unspecified atom stereocenters. The summed E-state index contributed by atoms with van der Waals surface area (Å²) in [6, 6.07) is 9.19. The van der Waals surface area contributed by atoms with Crippen LogP contribution in [0.4, 0.5) is 0 Å². The van der Waals surface area contributed by atoms with Crippen molar-refractivity contribution in [1.82, 2.24) is 10.2 Å². The fourth-order valence-electron chi connectivity index (χ4n) is 3.38. The van der Waals surface area contributed by atoms with Gasteiger partial charge < -0.3 is 9.73 Å². The number of hydrogen-bond donors (Lipinski definition) is 1. The van der Waals surface area contributed by atoms with Gasteiger partial charge in [-0.05, 0) is 37.8 Å². The zero-order chi connectivity index (χ0) is 14.2. The number of nitrogens with one attached hydrogen (secondary N) is 1. The van der Waals surface area contributed by atoms with Crippen molar-refractivity contribution in [3.63, 3.8) is 0 Å². The van der Waals surface area contributed by atoms with Gasteiger partial charge in [0.15, 0.2) is 0 Å². The second-order valence-corrected chi connectivity index (χ2v) is 6.78. The highest BCUT2D eigenvalue weighted by atomic mass is 16.3. The van der Waals surface area contributed by atoms with Crippen molar-refractivity contribution in [3.05, 3.63) is 35.6 Å². The molecule has 112 valence electrons. The summed E-state index contributed by atoms with van der Waals surface area (Å²) >= 11 is 0. The third kappa shape index (κ3) is 2.85. The van der Waals surface area contributed by atoms with Crippen LogP contribution in [0.3, 0.4) is 0 Å². The summed E-state index contributed by atoms with van der Waals surface area (Å²) in [5.41, 5.74) is 2.43. The number of para-hydroxylation sites is 1. The highest BCUT2D eigenvalue weighted by molar-refractivity contribution is 5.82. The predicted octanol–water partition coefficient (Wildman–Crippen LogP) is 3.53. The number of benzene rings is 1. The molecule has 1 aromatic carbocycles. The van der Waals surface area contributed by atoms with Crippen LogP contribution in [0.25, 0.3) is 11.0 Å². The molecule has 1 N–H and O–H groups in total. The normalized spacial score (nSPS) is 23.2. The van der Waals surface area contributed by atoms with Crippen LogP contribution in [0.5, 0.6) is 0 Å². The first kappa shape index (κ1) is 13.4. The topological polar surface area (TPSA) is 28.4 Å². The Hall–Kier alpha value is -1.32. The molecular weight excluding hydrogens is 260 g/mol. The predicted molar refractivity (Wildman–Crippen MR) is 85.1 cm³/mol. The Balaban J connectivity index is 1.61. The summed E-state index contributed by atoms with van der Waals surface area (Å²) in [5, 5.41) is 4.89. The second kappa shape index (κ2) is 5.47. The lowest BCUT2D eigenvalue weighted by Gasteiger charge is -2.15. The summed E-state index contributed by atoms with van der Waals surface area (Å²) in [6.07, 6.45) is 3.96. The lowest BCUT2D eigenvalue weighted by atomic mass is 10.1. The van der Waals surface area contributed by atoms with Gasteiger partial charge in [-0.1, -0.05) is 25.1 Å². The van der Waals surface area contributed by atoms with Crippen molar-refractivity contribution in [3.8, 4) is 0 Å². The lowest BCUT2D eigenvalue weighted by molar-refractivity contribution is 0.317. The highest BCUT2D eigenvalue weighted by Crippen LogP contribution is 2.30. The van der Waals surface area contributed by atoms with E-state index in [2.05, 4.69) is 41.4 Å². The second-order valence-electron chi connectivity index (χ2n) is 6.78. The third-order valence-electron chi connectivity index (χ3n) is 4.80. The summed E-state index contributed by atoms with van der Waals surface area (Å²) in [6.45, 7) is 6.69. The van der Waals surface area contributed by atoms with Gasteiger partial charge in [-0.15, -0.1) is 0 Å². The number of hydrogen-bond acceptors (Lipinski definition) is 3. The van der Waals surface area contributed by atoms with E-state index in [1.807, 2.05) is 0 Å². The Morgan fingerprint density at radius 3 is 2.86 bits per heavy atom. The molecule has 2 aliphatic rings. The van der Waals surface area contributed by atoms with Crippen molar-refractivity contribution in [2.45, 2.75) is 45.3 Å². The minimum Gasteiger partial charge on any atom is -0.459 e. The van der Waals surface area contributed by atoms with Crippen molar-refractivity contribution in [2.24, 2.45) is 5.92 Å². The molecule has 2 aromatic rings. The molecular formula is C18H24N2O. The van der Waals surface area contributed by atoms with Crippen molar-refractivity contribution in [2.75, 3.05) is 13.1 Å². The molecule has 2 heterocycles. The minimum absolute atomic E-state index is 0.720. The first-order valence-corrected chi connectivity index (χ1v) is 8.24. The quantitative estimate of drug-likeness (QED) is 0.910. The maximum atomic E-state index is 6.13.